The summed E-state index contributed by atoms with van der Waals surface area (Å²) in [6, 6.07) is 0. The molecule has 3 heterocycles. The van der Waals surface area contributed by atoms with Crippen molar-refractivity contribution in [2.24, 2.45) is 0 Å². The number of hydrogen-bond acceptors (Lipinski definition) is 21. The van der Waals surface area contributed by atoms with E-state index in [9.17, 15) is 74.2 Å². The summed E-state index contributed by atoms with van der Waals surface area (Å²) in [6.07, 6.45) is -16.2. The zero-order valence-corrected chi connectivity index (χ0v) is 29.3. The molecule has 3 aliphatic rings. The van der Waals surface area contributed by atoms with Crippen LogP contribution in [0.5, 0.6) is 0 Å². The fourth-order valence-corrected chi connectivity index (χ4v) is 6.96. The number of Topliss-reactive ketones (excluding diaryl/α,β-unsaturated/α-hetero) is 2. The van der Waals surface area contributed by atoms with Gasteiger partial charge in [-0.05, 0) is 6.42 Å². The van der Waals surface area contributed by atoms with E-state index >= 15 is 0 Å². The summed E-state index contributed by atoms with van der Waals surface area (Å²) in [5.74, 6) is -11.4. The first-order chi connectivity index (χ1) is 24.3. The number of ketones is 2. The molecule has 0 aromatic heterocycles. The molecule has 3 aliphatic heterocycles. The third-order valence-electron chi connectivity index (χ3n) is 9.14. The second kappa shape index (κ2) is 19.5. The Bertz CT molecular complexity index is 1250. The van der Waals surface area contributed by atoms with Gasteiger partial charge in [-0.15, -0.1) is 0 Å². The molecule has 11 N–H and O–H groups in total. The predicted octanol–water partition coefficient (Wildman–Crippen LogP) is -4.92. The summed E-state index contributed by atoms with van der Waals surface area (Å²) in [5.41, 5.74) is 0. The average molecular weight is 781 g/mol. The Morgan fingerprint density at radius 3 is 1.77 bits per heavy atom. The van der Waals surface area contributed by atoms with Crippen LogP contribution in [0.25, 0.3) is 0 Å². The lowest BCUT2D eigenvalue weighted by atomic mass is 9.90. The lowest BCUT2D eigenvalue weighted by Crippen LogP contribution is -2.67. The van der Waals surface area contributed by atoms with E-state index in [2.05, 4.69) is 15.3 Å². The van der Waals surface area contributed by atoms with Gasteiger partial charge in [-0.3, -0.25) is 9.59 Å². The predicted molar refractivity (Wildman–Crippen MR) is 167 cm³/mol. The maximum atomic E-state index is 12.9. The molecule has 0 saturated carbocycles. The summed E-state index contributed by atoms with van der Waals surface area (Å²) in [7, 11) is -5.45. The van der Waals surface area contributed by atoms with E-state index in [4.69, 9.17) is 18.9 Å². The van der Waals surface area contributed by atoms with Gasteiger partial charge in [0.15, 0.2) is 12.6 Å². The molecule has 0 aromatic carbocycles. The molecule has 3 saturated heterocycles. The Kier molecular flexibility index (Phi) is 16.8. The van der Waals surface area contributed by atoms with Gasteiger partial charge in [-0.2, -0.15) is 12.6 Å². The average Bonchev–Trinajstić information content (AvgIpc) is 3.31. The highest BCUT2D eigenvalue weighted by molar-refractivity contribution is 7.82. The molecule has 52 heavy (non-hydrogen) atoms. The summed E-state index contributed by atoms with van der Waals surface area (Å²) in [5, 5.41) is 114. The van der Waals surface area contributed by atoms with Crippen molar-refractivity contribution in [2.45, 2.75) is 156 Å². The Morgan fingerprint density at radius 2 is 1.21 bits per heavy atom. The van der Waals surface area contributed by atoms with E-state index in [-0.39, 0.29) is 6.42 Å². The first kappa shape index (κ1) is 45.0. The molecule has 0 radical (unpaired) electrons. The Morgan fingerprint density at radius 1 is 0.712 bits per heavy atom. The third-order valence-corrected chi connectivity index (χ3v) is 10.0. The highest BCUT2D eigenvalue weighted by atomic mass is 32.3. The Balaban J connectivity index is 1.60. The van der Waals surface area contributed by atoms with Crippen LogP contribution in [0.1, 0.15) is 71.1 Å². The van der Waals surface area contributed by atoms with Crippen molar-refractivity contribution < 1.29 is 101 Å². The first-order valence-electron chi connectivity index (χ1n) is 17.1. The standard InChI is InChI=1S/C30H52O21S/c1-2-3-4-5-6-7-8-9-10-11-15(32)25(40)29(42)30(43,51-52(44,45)50-29)26(41)16(33)13-46-27-24(39)22(37)20(35)18(49-27)14-47-28-23(38)21(36)19(34)17(12-31)48-28/h16-24,26-28,31,33-39,41-43H,2-14H2,1H3/t16-,17-,18-,19-,20-,21+,22+,23-,24-,26-,27+,28+,29-,30+/m1/s1. The third kappa shape index (κ3) is 10.5. The first-order valence-corrected chi connectivity index (χ1v) is 18.5. The van der Waals surface area contributed by atoms with Gasteiger partial charge in [0.05, 0.1) is 19.8 Å². The van der Waals surface area contributed by atoms with Gasteiger partial charge in [-0.25, -0.2) is 4.18 Å². The summed E-state index contributed by atoms with van der Waals surface area (Å²) in [4.78, 5) is 25.6. The molecule has 0 amide bonds. The minimum Gasteiger partial charge on any atom is -0.394 e. The number of unbranched alkanes of at least 4 members (excludes halogenated alkanes) is 8. The quantitative estimate of drug-likeness (QED) is 0.0384. The monoisotopic (exact) mass is 780 g/mol. The van der Waals surface area contributed by atoms with Crippen LogP contribution in [0.2, 0.25) is 0 Å². The van der Waals surface area contributed by atoms with Crippen LogP contribution in [0.15, 0.2) is 0 Å². The molecule has 3 rings (SSSR count). The van der Waals surface area contributed by atoms with Crippen molar-refractivity contribution in [3.8, 4) is 0 Å². The smallest absolute Gasteiger partial charge is 0.394 e. The largest absolute Gasteiger partial charge is 0.406 e. The van der Waals surface area contributed by atoms with Crippen LogP contribution in [0.4, 0.5) is 0 Å². The minimum atomic E-state index is -5.45. The second-order valence-electron chi connectivity index (χ2n) is 13.1. The number of carbonyl (C=O) groups is 2. The molecule has 0 spiro atoms. The van der Waals surface area contributed by atoms with Crippen LogP contribution in [0, 0.1) is 0 Å². The van der Waals surface area contributed by atoms with E-state index in [0.29, 0.717) is 6.42 Å². The molecular weight excluding hydrogens is 728 g/mol. The molecule has 304 valence electrons. The van der Waals surface area contributed by atoms with Crippen LogP contribution in [-0.2, 0) is 47.3 Å². The number of aliphatic hydroxyl groups excluding tert-OH is 9. The van der Waals surface area contributed by atoms with Crippen molar-refractivity contribution in [1.29, 1.82) is 0 Å². The number of ether oxygens (including phenoxy) is 4. The van der Waals surface area contributed by atoms with Crippen molar-refractivity contribution in [2.75, 3.05) is 19.8 Å². The van der Waals surface area contributed by atoms with E-state index in [0.717, 1.165) is 44.9 Å². The van der Waals surface area contributed by atoms with E-state index in [1.807, 2.05) is 0 Å². The normalized spacial score (nSPS) is 38.9. The minimum absolute atomic E-state index is 0.166. The summed E-state index contributed by atoms with van der Waals surface area (Å²) < 4.78 is 53.7. The molecule has 14 atom stereocenters. The summed E-state index contributed by atoms with van der Waals surface area (Å²) in [6.45, 7) is -0.653. The number of aliphatic hydroxyl groups is 11. The zero-order valence-electron chi connectivity index (χ0n) is 28.5. The van der Waals surface area contributed by atoms with E-state index in [1.165, 1.54) is 0 Å². The van der Waals surface area contributed by atoms with Crippen LogP contribution < -0.4 is 0 Å². The van der Waals surface area contributed by atoms with Crippen LogP contribution in [-0.4, -0.2) is 181 Å². The van der Waals surface area contributed by atoms with Gasteiger partial charge >= 0.3 is 16.2 Å². The lowest BCUT2D eigenvalue weighted by Gasteiger charge is -2.43. The van der Waals surface area contributed by atoms with E-state index < -0.39 is 133 Å². The Hall–Kier alpha value is -1.39. The lowest BCUT2D eigenvalue weighted by molar-refractivity contribution is -0.340. The maximum absolute atomic E-state index is 12.9. The van der Waals surface area contributed by atoms with Gasteiger partial charge in [0.2, 0.25) is 5.78 Å². The van der Waals surface area contributed by atoms with Gasteiger partial charge in [0, 0.05) is 6.42 Å². The number of carbonyl (C=O) groups excluding carboxylic acids is 2. The van der Waals surface area contributed by atoms with Gasteiger partial charge in [-0.1, -0.05) is 58.3 Å². The molecule has 0 unspecified atom stereocenters. The molecule has 0 aromatic rings. The highest BCUT2D eigenvalue weighted by Gasteiger charge is 2.73. The van der Waals surface area contributed by atoms with Crippen LogP contribution in [0.3, 0.4) is 0 Å². The topological polar surface area (TPSA) is 346 Å². The van der Waals surface area contributed by atoms with Gasteiger partial charge in [0.1, 0.15) is 61.0 Å². The molecule has 21 nitrogen and oxygen atoms in total. The fourth-order valence-electron chi connectivity index (χ4n) is 5.92. The number of rotatable bonds is 21. The van der Waals surface area contributed by atoms with Crippen molar-refractivity contribution in [3.05, 3.63) is 0 Å². The second-order valence-corrected chi connectivity index (χ2v) is 14.3. The van der Waals surface area contributed by atoms with Crippen molar-refractivity contribution >= 4 is 22.0 Å². The van der Waals surface area contributed by atoms with Crippen LogP contribution >= 0.6 is 0 Å². The molecule has 3 fully saturated rings. The van der Waals surface area contributed by atoms with E-state index in [1.54, 1.807) is 0 Å². The molecular formula is C30H52O21S. The van der Waals surface area contributed by atoms with Crippen molar-refractivity contribution in [3.63, 3.8) is 0 Å². The molecule has 0 aliphatic carbocycles. The molecule has 0 bridgehead atoms. The van der Waals surface area contributed by atoms with Crippen molar-refractivity contribution in [1.82, 2.24) is 0 Å². The summed E-state index contributed by atoms with van der Waals surface area (Å²) >= 11 is 0. The Labute approximate surface area is 299 Å². The zero-order chi connectivity index (χ0) is 39.0. The fraction of sp³-hybridized carbons (Fsp3) is 0.933. The highest BCUT2D eigenvalue weighted by Crippen LogP contribution is 2.41. The van der Waals surface area contributed by atoms with Gasteiger partial charge in [0.25, 0.3) is 11.6 Å². The maximum Gasteiger partial charge on any atom is 0.406 e. The number of hydrogen-bond donors (Lipinski definition) is 11. The molecule has 22 heteroatoms. The SMILES string of the molecule is CCCCCCCCCCCC(=O)C(=O)[C@@]1(O)OS(=O)(=O)O[C@@]1(O)[C@H](O)[C@H](O)CO[C@H]1O[C@H](CO[C@H]2O[C@H](CO)[C@@H](O)[C@H](O)[C@H]2O)[C@@H](O)[C@H](O)[C@H]1O. The van der Waals surface area contributed by atoms with Gasteiger partial charge < -0.3 is 75.1 Å².